The van der Waals surface area contributed by atoms with E-state index in [0.717, 1.165) is 37.7 Å². The van der Waals surface area contributed by atoms with Crippen LogP contribution in [0.4, 0.5) is 5.95 Å². The zero-order chi connectivity index (χ0) is 12.3. The number of piperazine rings is 1. The Morgan fingerprint density at radius 2 is 2.06 bits per heavy atom. The highest BCUT2D eigenvalue weighted by Gasteiger charge is 2.23. The van der Waals surface area contributed by atoms with Crippen molar-refractivity contribution in [1.82, 2.24) is 20.2 Å². The van der Waals surface area contributed by atoms with Crippen molar-refractivity contribution in [3.63, 3.8) is 0 Å². The summed E-state index contributed by atoms with van der Waals surface area (Å²) in [6, 6.07) is 0.476. The predicted molar refractivity (Wildman–Crippen MR) is 69.1 cm³/mol. The van der Waals surface area contributed by atoms with Gasteiger partial charge in [0.05, 0.1) is 0 Å². The third-order valence-corrected chi connectivity index (χ3v) is 3.16. The molecule has 1 aliphatic heterocycles. The summed E-state index contributed by atoms with van der Waals surface area (Å²) in [6.07, 6.45) is 3.81. The molecule has 0 bridgehead atoms. The van der Waals surface area contributed by atoms with Crippen LogP contribution in [0.1, 0.15) is 12.5 Å². The van der Waals surface area contributed by atoms with Crippen LogP contribution in [0.25, 0.3) is 0 Å². The maximum absolute atomic E-state index is 4.45. The maximum Gasteiger partial charge on any atom is 0.225 e. The second-order valence-corrected chi connectivity index (χ2v) is 4.73. The second-order valence-electron chi connectivity index (χ2n) is 4.73. The monoisotopic (exact) mass is 235 g/mol. The number of nitrogens with one attached hydrogen (secondary N) is 1. The number of hydrogen-bond acceptors (Lipinski definition) is 5. The lowest BCUT2D eigenvalue weighted by Crippen LogP contribution is -2.51. The standard InChI is InChI=1S/C12H21N5/c1-10-9-16(3)4-5-17(10)12-14-7-11(6-13-2)8-15-12/h7-8,10,13H,4-6,9H2,1-3H3. The summed E-state index contributed by atoms with van der Waals surface area (Å²) < 4.78 is 0. The smallest absolute Gasteiger partial charge is 0.225 e. The number of nitrogens with zero attached hydrogens (tertiary/aromatic N) is 4. The van der Waals surface area contributed by atoms with Gasteiger partial charge < -0.3 is 15.1 Å². The molecular formula is C12H21N5. The van der Waals surface area contributed by atoms with Gasteiger partial charge in [0.2, 0.25) is 5.95 Å². The van der Waals surface area contributed by atoms with Crippen LogP contribution in [0.5, 0.6) is 0 Å². The molecule has 2 heterocycles. The Labute approximate surface area is 103 Å². The molecule has 1 aromatic rings. The average Bonchev–Trinajstić information content (AvgIpc) is 2.31. The highest BCUT2D eigenvalue weighted by molar-refractivity contribution is 5.32. The molecule has 1 aromatic heterocycles. The van der Waals surface area contributed by atoms with E-state index in [1.54, 1.807) is 0 Å². The Bertz CT molecular complexity index is 350. The molecule has 2 rings (SSSR count). The van der Waals surface area contributed by atoms with Crippen LogP contribution in [0, 0.1) is 0 Å². The summed E-state index contributed by atoms with van der Waals surface area (Å²) in [5.41, 5.74) is 1.12. The van der Waals surface area contributed by atoms with Gasteiger partial charge >= 0.3 is 0 Å². The molecule has 17 heavy (non-hydrogen) atoms. The summed E-state index contributed by atoms with van der Waals surface area (Å²) >= 11 is 0. The Hall–Kier alpha value is -1.20. The first-order chi connectivity index (χ1) is 8.20. The molecule has 5 heteroatoms. The Morgan fingerprint density at radius 3 is 2.65 bits per heavy atom. The third kappa shape index (κ3) is 2.92. The second kappa shape index (κ2) is 5.42. The van der Waals surface area contributed by atoms with Crippen molar-refractivity contribution in [3.8, 4) is 0 Å². The minimum atomic E-state index is 0.476. The largest absolute Gasteiger partial charge is 0.336 e. The van der Waals surface area contributed by atoms with Gasteiger partial charge in [-0.3, -0.25) is 0 Å². The highest BCUT2D eigenvalue weighted by atomic mass is 15.3. The highest BCUT2D eigenvalue weighted by Crippen LogP contribution is 2.15. The molecule has 5 nitrogen and oxygen atoms in total. The van der Waals surface area contributed by atoms with Crippen LogP contribution in [0.2, 0.25) is 0 Å². The van der Waals surface area contributed by atoms with Crippen LogP contribution in [0.3, 0.4) is 0 Å². The first-order valence-corrected chi connectivity index (χ1v) is 6.11. The van der Waals surface area contributed by atoms with E-state index in [1.807, 2.05) is 19.4 Å². The van der Waals surface area contributed by atoms with Crippen molar-refractivity contribution in [1.29, 1.82) is 0 Å². The van der Waals surface area contributed by atoms with E-state index in [9.17, 15) is 0 Å². The number of likely N-dealkylation sites (N-methyl/N-ethyl adjacent to an activating group) is 1. The van der Waals surface area contributed by atoms with Crippen molar-refractivity contribution in [3.05, 3.63) is 18.0 Å². The van der Waals surface area contributed by atoms with E-state index in [2.05, 4.69) is 39.1 Å². The number of hydrogen-bond donors (Lipinski definition) is 1. The fraction of sp³-hybridized carbons (Fsp3) is 0.667. The molecule has 94 valence electrons. The van der Waals surface area contributed by atoms with Gasteiger partial charge in [0.1, 0.15) is 0 Å². The molecule has 1 saturated heterocycles. The van der Waals surface area contributed by atoms with Crippen LogP contribution < -0.4 is 10.2 Å². The molecule has 0 spiro atoms. The normalized spacial score (nSPS) is 21.8. The summed E-state index contributed by atoms with van der Waals surface area (Å²) in [5.74, 6) is 0.852. The zero-order valence-electron chi connectivity index (χ0n) is 10.8. The average molecular weight is 235 g/mol. The van der Waals surface area contributed by atoms with Gasteiger partial charge in [-0.05, 0) is 21.0 Å². The van der Waals surface area contributed by atoms with E-state index in [4.69, 9.17) is 0 Å². The molecule has 1 aliphatic rings. The van der Waals surface area contributed by atoms with Gasteiger partial charge in [0.25, 0.3) is 0 Å². The van der Waals surface area contributed by atoms with Crippen molar-refractivity contribution in [2.75, 3.05) is 38.6 Å². The van der Waals surface area contributed by atoms with E-state index in [-0.39, 0.29) is 0 Å². The van der Waals surface area contributed by atoms with Crippen molar-refractivity contribution in [2.24, 2.45) is 0 Å². The van der Waals surface area contributed by atoms with Gasteiger partial charge in [-0.15, -0.1) is 0 Å². The molecule has 1 N–H and O–H groups in total. The Morgan fingerprint density at radius 1 is 1.35 bits per heavy atom. The minimum absolute atomic E-state index is 0.476. The lowest BCUT2D eigenvalue weighted by atomic mass is 10.2. The third-order valence-electron chi connectivity index (χ3n) is 3.16. The molecule has 0 amide bonds. The topological polar surface area (TPSA) is 44.3 Å². The van der Waals surface area contributed by atoms with Crippen LogP contribution in [-0.4, -0.2) is 54.6 Å². The molecule has 0 aromatic carbocycles. The van der Waals surface area contributed by atoms with Crippen molar-refractivity contribution < 1.29 is 0 Å². The van der Waals surface area contributed by atoms with Crippen LogP contribution in [0.15, 0.2) is 12.4 Å². The number of aromatic nitrogens is 2. The van der Waals surface area contributed by atoms with E-state index >= 15 is 0 Å². The number of rotatable bonds is 3. The van der Waals surface area contributed by atoms with E-state index < -0.39 is 0 Å². The predicted octanol–water partition coefficient (Wildman–Crippen LogP) is 0.336. The summed E-state index contributed by atoms with van der Waals surface area (Å²) in [6.45, 7) is 6.19. The van der Waals surface area contributed by atoms with Gasteiger partial charge in [0, 0.05) is 50.2 Å². The van der Waals surface area contributed by atoms with Gasteiger partial charge in [-0.25, -0.2) is 9.97 Å². The lowest BCUT2D eigenvalue weighted by molar-refractivity contribution is 0.273. The van der Waals surface area contributed by atoms with Gasteiger partial charge in [-0.1, -0.05) is 0 Å². The van der Waals surface area contributed by atoms with Crippen LogP contribution >= 0.6 is 0 Å². The fourth-order valence-electron chi connectivity index (χ4n) is 2.23. The van der Waals surface area contributed by atoms with Crippen molar-refractivity contribution in [2.45, 2.75) is 19.5 Å². The first-order valence-electron chi connectivity index (χ1n) is 6.11. The SMILES string of the molecule is CNCc1cnc(N2CCN(C)CC2C)nc1. The molecule has 1 unspecified atom stereocenters. The van der Waals surface area contributed by atoms with Crippen molar-refractivity contribution >= 4 is 5.95 Å². The molecule has 0 radical (unpaired) electrons. The van der Waals surface area contributed by atoms with Crippen LogP contribution in [-0.2, 0) is 6.54 Å². The molecule has 0 saturated carbocycles. The summed E-state index contributed by atoms with van der Waals surface area (Å²) in [5, 5.41) is 3.10. The molecular weight excluding hydrogens is 214 g/mol. The summed E-state index contributed by atoms with van der Waals surface area (Å²) in [7, 11) is 4.08. The fourth-order valence-corrected chi connectivity index (χ4v) is 2.23. The summed E-state index contributed by atoms with van der Waals surface area (Å²) in [4.78, 5) is 13.5. The maximum atomic E-state index is 4.45. The Kier molecular flexibility index (Phi) is 3.91. The lowest BCUT2D eigenvalue weighted by Gasteiger charge is -2.38. The molecule has 1 atom stereocenters. The minimum Gasteiger partial charge on any atom is -0.336 e. The zero-order valence-corrected chi connectivity index (χ0v) is 10.8. The molecule has 0 aliphatic carbocycles. The number of anilines is 1. The quantitative estimate of drug-likeness (QED) is 0.818. The first kappa shape index (κ1) is 12.3. The van der Waals surface area contributed by atoms with E-state index in [1.165, 1.54) is 0 Å². The van der Waals surface area contributed by atoms with E-state index in [0.29, 0.717) is 6.04 Å². The van der Waals surface area contributed by atoms with Gasteiger partial charge in [0.15, 0.2) is 0 Å². The molecule has 1 fully saturated rings. The Balaban J connectivity index is 2.06. The van der Waals surface area contributed by atoms with Gasteiger partial charge in [-0.2, -0.15) is 0 Å².